The Morgan fingerprint density at radius 3 is 2.64 bits per heavy atom. The van der Waals surface area contributed by atoms with Crippen molar-refractivity contribution in [3.8, 4) is 0 Å². The van der Waals surface area contributed by atoms with Gasteiger partial charge >= 0.3 is 0 Å². The SMILES string of the molecule is CC1CN(C(=O)c2ccccc2NC(=O)c2ccc3c(=O)n4c(nc3c2)CCC4)CC(C)O1. The van der Waals surface area contributed by atoms with Gasteiger partial charge in [0.15, 0.2) is 0 Å². The minimum absolute atomic E-state index is 0.0462. The first-order valence-electron chi connectivity index (χ1n) is 11.3. The van der Waals surface area contributed by atoms with Crippen LogP contribution >= 0.6 is 0 Å². The quantitative estimate of drug-likeness (QED) is 0.668. The molecule has 2 amide bonds. The van der Waals surface area contributed by atoms with Crippen LogP contribution in [0.15, 0.2) is 47.3 Å². The molecule has 0 spiro atoms. The average molecular weight is 447 g/mol. The smallest absolute Gasteiger partial charge is 0.261 e. The van der Waals surface area contributed by atoms with Crippen molar-refractivity contribution < 1.29 is 14.3 Å². The third-order valence-corrected chi connectivity index (χ3v) is 6.19. The Hall–Kier alpha value is -3.52. The van der Waals surface area contributed by atoms with E-state index >= 15 is 0 Å². The molecule has 0 radical (unpaired) electrons. The summed E-state index contributed by atoms with van der Waals surface area (Å²) in [5.41, 5.74) is 1.71. The zero-order valence-corrected chi connectivity index (χ0v) is 18.7. The van der Waals surface area contributed by atoms with Crippen molar-refractivity contribution in [3.05, 3.63) is 69.8 Å². The lowest BCUT2D eigenvalue weighted by Crippen LogP contribution is -2.48. The molecule has 1 aromatic heterocycles. The first-order valence-corrected chi connectivity index (χ1v) is 11.3. The Morgan fingerprint density at radius 1 is 1.09 bits per heavy atom. The molecular weight excluding hydrogens is 420 g/mol. The molecule has 2 unspecified atom stereocenters. The van der Waals surface area contributed by atoms with Gasteiger partial charge in [-0.3, -0.25) is 19.0 Å². The van der Waals surface area contributed by atoms with E-state index < -0.39 is 0 Å². The zero-order valence-electron chi connectivity index (χ0n) is 18.7. The maximum atomic E-state index is 13.2. The predicted octanol–water partition coefficient (Wildman–Crippen LogP) is 2.84. The lowest BCUT2D eigenvalue weighted by molar-refractivity contribution is -0.0585. The summed E-state index contributed by atoms with van der Waals surface area (Å²) in [6.07, 6.45) is 1.57. The summed E-state index contributed by atoms with van der Waals surface area (Å²) in [6, 6.07) is 11.9. The molecule has 3 heterocycles. The molecular formula is C25H26N4O4. The summed E-state index contributed by atoms with van der Waals surface area (Å²) in [5.74, 6) is 0.259. The van der Waals surface area contributed by atoms with Gasteiger partial charge in [0.25, 0.3) is 17.4 Å². The minimum Gasteiger partial charge on any atom is -0.372 e. The fourth-order valence-corrected chi connectivity index (χ4v) is 4.71. The summed E-state index contributed by atoms with van der Waals surface area (Å²) in [4.78, 5) is 45.3. The van der Waals surface area contributed by atoms with Crippen LogP contribution in [0, 0.1) is 0 Å². The lowest BCUT2D eigenvalue weighted by atomic mass is 10.1. The fourth-order valence-electron chi connectivity index (χ4n) is 4.71. The largest absolute Gasteiger partial charge is 0.372 e. The van der Waals surface area contributed by atoms with Gasteiger partial charge in [0.1, 0.15) is 5.82 Å². The molecule has 2 aromatic carbocycles. The molecule has 170 valence electrons. The monoisotopic (exact) mass is 446 g/mol. The number of para-hydroxylation sites is 1. The first kappa shape index (κ1) is 21.3. The Kier molecular flexibility index (Phi) is 5.46. The third kappa shape index (κ3) is 4.02. The number of aryl methyl sites for hydroxylation is 1. The number of ether oxygens (including phenoxy) is 1. The van der Waals surface area contributed by atoms with Gasteiger partial charge in [-0.05, 0) is 50.6 Å². The number of nitrogens with zero attached hydrogens (tertiary/aromatic N) is 3. The number of rotatable bonds is 3. The van der Waals surface area contributed by atoms with Gasteiger partial charge in [-0.15, -0.1) is 0 Å². The van der Waals surface area contributed by atoms with Crippen LogP contribution in [0.2, 0.25) is 0 Å². The van der Waals surface area contributed by atoms with E-state index in [1.54, 1.807) is 51.9 Å². The Labute approximate surface area is 191 Å². The number of carbonyl (C=O) groups excluding carboxylic acids is 2. The number of morpholine rings is 1. The molecule has 0 saturated carbocycles. The molecule has 1 saturated heterocycles. The Balaban J connectivity index is 1.42. The van der Waals surface area contributed by atoms with Gasteiger partial charge in [-0.25, -0.2) is 4.98 Å². The molecule has 3 aromatic rings. The van der Waals surface area contributed by atoms with E-state index in [0.29, 0.717) is 47.4 Å². The molecule has 1 fully saturated rings. The number of aromatic nitrogens is 2. The number of carbonyl (C=O) groups is 2. The molecule has 5 rings (SSSR count). The van der Waals surface area contributed by atoms with Crippen LogP contribution in [-0.2, 0) is 17.7 Å². The highest BCUT2D eigenvalue weighted by atomic mass is 16.5. The van der Waals surface area contributed by atoms with Crippen molar-refractivity contribution in [3.63, 3.8) is 0 Å². The standard InChI is InChI=1S/C25H26N4O4/c1-15-13-28(14-16(2)33-15)24(31)18-6-3-4-7-20(18)27-23(30)17-9-10-19-21(12-17)26-22-8-5-11-29(22)25(19)32/h3-4,6-7,9-10,12,15-16H,5,8,11,13-14H2,1-2H3,(H,27,30). The Bertz CT molecular complexity index is 1310. The zero-order chi connectivity index (χ0) is 23.1. The van der Waals surface area contributed by atoms with Gasteiger partial charge < -0.3 is 15.0 Å². The second kappa shape index (κ2) is 8.44. The molecule has 2 atom stereocenters. The average Bonchev–Trinajstić information content (AvgIpc) is 3.27. The van der Waals surface area contributed by atoms with Crippen LogP contribution < -0.4 is 10.9 Å². The Morgan fingerprint density at radius 2 is 1.85 bits per heavy atom. The molecule has 1 N–H and O–H groups in total. The minimum atomic E-state index is -0.358. The van der Waals surface area contributed by atoms with E-state index in [1.165, 1.54) is 0 Å². The summed E-state index contributed by atoms with van der Waals surface area (Å²) in [5, 5.41) is 3.38. The number of nitrogens with one attached hydrogen (secondary N) is 1. The van der Waals surface area contributed by atoms with Crippen molar-refractivity contribution in [1.82, 2.24) is 14.5 Å². The summed E-state index contributed by atoms with van der Waals surface area (Å²) in [6.45, 7) is 5.57. The van der Waals surface area contributed by atoms with Gasteiger partial charge in [-0.1, -0.05) is 12.1 Å². The molecule has 0 bridgehead atoms. The lowest BCUT2D eigenvalue weighted by Gasteiger charge is -2.35. The fraction of sp³-hybridized carbons (Fsp3) is 0.360. The second-order valence-corrected chi connectivity index (χ2v) is 8.79. The highest BCUT2D eigenvalue weighted by Crippen LogP contribution is 2.22. The molecule has 8 heteroatoms. The summed E-state index contributed by atoms with van der Waals surface area (Å²) >= 11 is 0. The van der Waals surface area contributed by atoms with E-state index in [1.807, 2.05) is 13.8 Å². The normalized spacial score (nSPS) is 20.0. The summed E-state index contributed by atoms with van der Waals surface area (Å²) < 4.78 is 7.44. The van der Waals surface area contributed by atoms with Crippen LogP contribution in [0.1, 0.15) is 46.8 Å². The van der Waals surface area contributed by atoms with Crippen molar-refractivity contribution in [2.45, 2.75) is 45.4 Å². The van der Waals surface area contributed by atoms with Crippen LogP contribution in [0.3, 0.4) is 0 Å². The number of amides is 2. The highest BCUT2D eigenvalue weighted by Gasteiger charge is 2.28. The van der Waals surface area contributed by atoms with E-state index in [4.69, 9.17) is 4.74 Å². The first-order chi connectivity index (χ1) is 15.9. The van der Waals surface area contributed by atoms with Crippen molar-refractivity contribution >= 4 is 28.4 Å². The molecule has 33 heavy (non-hydrogen) atoms. The van der Waals surface area contributed by atoms with Crippen molar-refractivity contribution in [2.75, 3.05) is 18.4 Å². The molecule has 2 aliphatic heterocycles. The number of anilines is 1. The van der Waals surface area contributed by atoms with Crippen LogP contribution in [0.25, 0.3) is 10.9 Å². The molecule has 0 aliphatic carbocycles. The maximum absolute atomic E-state index is 13.2. The number of hydrogen-bond acceptors (Lipinski definition) is 5. The number of fused-ring (bicyclic) bond motifs is 2. The van der Waals surface area contributed by atoms with Crippen molar-refractivity contribution in [1.29, 1.82) is 0 Å². The number of benzene rings is 2. The highest BCUT2D eigenvalue weighted by molar-refractivity contribution is 6.10. The maximum Gasteiger partial charge on any atom is 0.261 e. The number of hydrogen-bond donors (Lipinski definition) is 1. The molecule has 2 aliphatic rings. The van der Waals surface area contributed by atoms with Gasteiger partial charge in [0, 0.05) is 31.6 Å². The van der Waals surface area contributed by atoms with E-state index in [0.717, 1.165) is 18.7 Å². The summed E-state index contributed by atoms with van der Waals surface area (Å²) in [7, 11) is 0. The third-order valence-electron chi connectivity index (χ3n) is 6.19. The van der Waals surface area contributed by atoms with Crippen LogP contribution in [-0.4, -0.2) is 51.6 Å². The van der Waals surface area contributed by atoms with E-state index in [2.05, 4.69) is 10.3 Å². The van der Waals surface area contributed by atoms with Crippen LogP contribution in [0.5, 0.6) is 0 Å². The second-order valence-electron chi connectivity index (χ2n) is 8.79. The topological polar surface area (TPSA) is 93.5 Å². The molecule has 8 nitrogen and oxygen atoms in total. The van der Waals surface area contributed by atoms with E-state index in [9.17, 15) is 14.4 Å². The van der Waals surface area contributed by atoms with E-state index in [-0.39, 0.29) is 29.6 Å². The van der Waals surface area contributed by atoms with Gasteiger partial charge in [-0.2, -0.15) is 0 Å². The predicted molar refractivity (Wildman–Crippen MR) is 125 cm³/mol. The van der Waals surface area contributed by atoms with Crippen LogP contribution in [0.4, 0.5) is 5.69 Å². The van der Waals surface area contributed by atoms with Gasteiger partial charge in [0.05, 0.1) is 34.4 Å². The van der Waals surface area contributed by atoms with Gasteiger partial charge in [0.2, 0.25) is 0 Å². The van der Waals surface area contributed by atoms with Crippen molar-refractivity contribution in [2.24, 2.45) is 0 Å².